The van der Waals surface area contributed by atoms with Crippen molar-refractivity contribution in [1.29, 1.82) is 0 Å². The van der Waals surface area contributed by atoms with E-state index in [1.54, 1.807) is 0 Å². The summed E-state index contributed by atoms with van der Waals surface area (Å²) in [7, 11) is 0. The second kappa shape index (κ2) is 6.29. The van der Waals surface area contributed by atoms with Gasteiger partial charge in [0, 0.05) is 5.92 Å². The molecule has 0 saturated heterocycles. The van der Waals surface area contributed by atoms with E-state index in [2.05, 4.69) is 0 Å². The fraction of sp³-hybridized carbons (Fsp3) is 0.222. The van der Waals surface area contributed by atoms with Crippen LogP contribution in [0.25, 0.3) is 0 Å². The van der Waals surface area contributed by atoms with Gasteiger partial charge in [0.15, 0.2) is 0 Å². The zero-order chi connectivity index (χ0) is 14.5. The van der Waals surface area contributed by atoms with Gasteiger partial charge in [-0.25, -0.2) is 0 Å². The second-order valence-electron chi connectivity index (χ2n) is 5.00. The average Bonchev–Trinajstić information content (AvgIpc) is 2.45. The zero-order valence-corrected chi connectivity index (χ0v) is 11.7. The lowest BCUT2D eigenvalue weighted by atomic mass is 9.77. The molecule has 0 amide bonds. The van der Waals surface area contributed by atoms with Gasteiger partial charge in [-0.05, 0) is 25.0 Å². The second-order valence-corrected chi connectivity index (χ2v) is 5.00. The van der Waals surface area contributed by atoms with Crippen LogP contribution in [0.3, 0.4) is 0 Å². The normalized spacial score (nSPS) is 10.8. The van der Waals surface area contributed by atoms with Gasteiger partial charge in [0.1, 0.15) is 11.6 Å². The molecule has 0 saturated carbocycles. The Balaban J connectivity index is 2.55. The van der Waals surface area contributed by atoms with Crippen LogP contribution in [0.4, 0.5) is 0 Å². The zero-order valence-electron chi connectivity index (χ0n) is 11.7. The highest BCUT2D eigenvalue weighted by Crippen LogP contribution is 2.33. The van der Waals surface area contributed by atoms with Crippen LogP contribution >= 0.6 is 0 Å². The molecule has 2 heteroatoms. The van der Waals surface area contributed by atoms with E-state index in [1.165, 1.54) is 13.8 Å². The Labute approximate surface area is 119 Å². The van der Waals surface area contributed by atoms with Crippen LogP contribution in [0.1, 0.15) is 30.9 Å². The van der Waals surface area contributed by atoms with Gasteiger partial charge in [0.05, 0.1) is 5.92 Å². The largest absolute Gasteiger partial charge is 0.299 e. The molecule has 0 atom stereocenters. The van der Waals surface area contributed by atoms with Crippen LogP contribution in [0.5, 0.6) is 0 Å². The first-order valence-corrected chi connectivity index (χ1v) is 6.72. The standard InChI is InChI=1S/C18H18O2/c1-13(19)17(14(2)20)18(15-9-5-3-6-10-15)16-11-7-4-8-12-16/h3-12,17-18H,1-2H3. The Kier molecular flexibility index (Phi) is 4.46. The van der Waals surface area contributed by atoms with E-state index in [9.17, 15) is 9.59 Å². The molecule has 0 aliphatic heterocycles. The minimum atomic E-state index is -0.625. The fourth-order valence-corrected chi connectivity index (χ4v) is 2.65. The predicted octanol–water partition coefficient (Wildman–Crippen LogP) is 3.61. The van der Waals surface area contributed by atoms with Gasteiger partial charge in [0.25, 0.3) is 0 Å². The quantitative estimate of drug-likeness (QED) is 0.775. The van der Waals surface area contributed by atoms with Gasteiger partial charge in [-0.15, -0.1) is 0 Å². The summed E-state index contributed by atoms with van der Waals surface area (Å²) in [5.41, 5.74) is 1.99. The summed E-state index contributed by atoms with van der Waals surface area (Å²) in [6.07, 6.45) is 0. The number of benzene rings is 2. The Morgan fingerprint density at radius 1 is 0.700 bits per heavy atom. The molecule has 102 valence electrons. The lowest BCUT2D eigenvalue weighted by Gasteiger charge is -2.24. The number of carbonyl (C=O) groups excluding carboxylic acids is 2. The molecule has 2 nitrogen and oxygen atoms in total. The van der Waals surface area contributed by atoms with Gasteiger partial charge >= 0.3 is 0 Å². The van der Waals surface area contributed by atoms with E-state index in [1.807, 2.05) is 60.7 Å². The van der Waals surface area contributed by atoms with Gasteiger partial charge in [0.2, 0.25) is 0 Å². The van der Waals surface area contributed by atoms with E-state index in [0.717, 1.165) is 11.1 Å². The molecule has 0 radical (unpaired) electrons. The number of hydrogen-bond acceptors (Lipinski definition) is 2. The van der Waals surface area contributed by atoms with Crippen molar-refractivity contribution in [3.63, 3.8) is 0 Å². The molecule has 0 aliphatic rings. The minimum Gasteiger partial charge on any atom is -0.299 e. The predicted molar refractivity (Wildman–Crippen MR) is 79.6 cm³/mol. The van der Waals surface area contributed by atoms with Gasteiger partial charge in [-0.1, -0.05) is 60.7 Å². The molecule has 0 fully saturated rings. The molecular formula is C18H18O2. The summed E-state index contributed by atoms with van der Waals surface area (Å²) in [5, 5.41) is 0. The molecule has 2 rings (SSSR count). The van der Waals surface area contributed by atoms with Crippen molar-refractivity contribution in [2.75, 3.05) is 0 Å². The Morgan fingerprint density at radius 2 is 1.05 bits per heavy atom. The van der Waals surface area contributed by atoms with Gasteiger partial charge in [-0.3, -0.25) is 9.59 Å². The summed E-state index contributed by atoms with van der Waals surface area (Å²) < 4.78 is 0. The van der Waals surface area contributed by atoms with Gasteiger partial charge in [-0.2, -0.15) is 0 Å². The highest BCUT2D eigenvalue weighted by molar-refractivity contribution is 6.01. The van der Waals surface area contributed by atoms with Crippen LogP contribution in [0.15, 0.2) is 60.7 Å². The van der Waals surface area contributed by atoms with Crippen LogP contribution in [-0.2, 0) is 9.59 Å². The third kappa shape index (κ3) is 3.02. The van der Waals surface area contributed by atoms with E-state index < -0.39 is 5.92 Å². The molecule has 2 aromatic rings. The van der Waals surface area contributed by atoms with E-state index in [-0.39, 0.29) is 17.5 Å². The maximum Gasteiger partial charge on any atom is 0.141 e. The molecule has 0 bridgehead atoms. The topological polar surface area (TPSA) is 34.1 Å². The van der Waals surface area contributed by atoms with Crippen LogP contribution in [0.2, 0.25) is 0 Å². The number of ketones is 2. The molecule has 0 spiro atoms. The monoisotopic (exact) mass is 266 g/mol. The highest BCUT2D eigenvalue weighted by atomic mass is 16.1. The fourth-order valence-electron chi connectivity index (χ4n) is 2.65. The van der Waals surface area contributed by atoms with Crippen molar-refractivity contribution in [3.05, 3.63) is 71.8 Å². The van der Waals surface area contributed by atoms with Crippen molar-refractivity contribution in [2.24, 2.45) is 5.92 Å². The Hall–Kier alpha value is -2.22. The Morgan fingerprint density at radius 3 is 1.35 bits per heavy atom. The van der Waals surface area contributed by atoms with Crippen molar-refractivity contribution >= 4 is 11.6 Å². The maximum absolute atomic E-state index is 12.0. The number of hydrogen-bond donors (Lipinski definition) is 0. The Bertz CT molecular complexity index is 534. The molecular weight excluding hydrogens is 248 g/mol. The number of Topliss-reactive ketones (excluding diaryl/α,β-unsaturated/α-hetero) is 2. The van der Waals surface area contributed by atoms with Crippen molar-refractivity contribution in [2.45, 2.75) is 19.8 Å². The molecule has 2 aromatic carbocycles. The van der Waals surface area contributed by atoms with Crippen molar-refractivity contribution < 1.29 is 9.59 Å². The average molecular weight is 266 g/mol. The number of rotatable bonds is 5. The first-order valence-electron chi connectivity index (χ1n) is 6.72. The van der Waals surface area contributed by atoms with E-state index >= 15 is 0 Å². The lowest BCUT2D eigenvalue weighted by molar-refractivity contribution is -0.130. The molecule has 0 unspecified atom stereocenters. The first kappa shape index (κ1) is 14.2. The summed E-state index contributed by atoms with van der Waals surface area (Å²) in [6.45, 7) is 2.98. The van der Waals surface area contributed by atoms with Gasteiger partial charge < -0.3 is 0 Å². The maximum atomic E-state index is 12.0. The molecule has 0 N–H and O–H groups in total. The molecule has 0 heterocycles. The summed E-state index contributed by atoms with van der Waals surface area (Å²) in [5.74, 6) is -1.02. The van der Waals surface area contributed by atoms with Crippen LogP contribution in [0, 0.1) is 5.92 Å². The van der Waals surface area contributed by atoms with E-state index in [4.69, 9.17) is 0 Å². The molecule has 0 aliphatic carbocycles. The molecule has 0 aromatic heterocycles. The SMILES string of the molecule is CC(=O)C(C(C)=O)C(c1ccccc1)c1ccccc1. The van der Waals surface area contributed by atoms with Crippen molar-refractivity contribution in [1.82, 2.24) is 0 Å². The first-order chi connectivity index (χ1) is 9.61. The van der Waals surface area contributed by atoms with Crippen LogP contribution in [-0.4, -0.2) is 11.6 Å². The third-order valence-electron chi connectivity index (χ3n) is 3.53. The lowest BCUT2D eigenvalue weighted by Crippen LogP contribution is -2.27. The summed E-state index contributed by atoms with van der Waals surface area (Å²) >= 11 is 0. The molecule has 20 heavy (non-hydrogen) atoms. The van der Waals surface area contributed by atoms with E-state index in [0.29, 0.717) is 0 Å². The minimum absolute atomic E-state index is 0.0878. The summed E-state index contributed by atoms with van der Waals surface area (Å²) in [6, 6.07) is 19.5. The third-order valence-corrected chi connectivity index (χ3v) is 3.53. The van der Waals surface area contributed by atoms with Crippen molar-refractivity contribution in [3.8, 4) is 0 Å². The smallest absolute Gasteiger partial charge is 0.141 e. The highest BCUT2D eigenvalue weighted by Gasteiger charge is 2.31. The summed E-state index contributed by atoms with van der Waals surface area (Å²) in [4.78, 5) is 23.9. The number of carbonyl (C=O) groups is 2. The van der Waals surface area contributed by atoms with Crippen LogP contribution < -0.4 is 0 Å².